The summed E-state index contributed by atoms with van der Waals surface area (Å²) in [5.41, 5.74) is 0. The van der Waals surface area contributed by atoms with Gasteiger partial charge in [0, 0.05) is 38.2 Å². The van der Waals surface area contributed by atoms with Gasteiger partial charge in [-0.2, -0.15) is 5.10 Å². The second-order valence-corrected chi connectivity index (χ2v) is 3.77. The predicted octanol–water partition coefficient (Wildman–Crippen LogP) is 1.64. The molecule has 0 aromatic carbocycles. The number of anilines is 1. The van der Waals surface area contributed by atoms with E-state index in [1.807, 2.05) is 31.7 Å². The van der Waals surface area contributed by atoms with Gasteiger partial charge in [0.2, 0.25) is 0 Å². The normalized spacial score (nSPS) is 10.6. The molecule has 0 aliphatic rings. The van der Waals surface area contributed by atoms with Crippen LogP contribution in [0.15, 0.2) is 24.7 Å². The number of hydrogen-bond donors (Lipinski definition) is 1. The van der Waals surface area contributed by atoms with Crippen molar-refractivity contribution in [2.45, 2.75) is 26.4 Å². The average molecular weight is 219 g/mol. The summed E-state index contributed by atoms with van der Waals surface area (Å²) >= 11 is 0. The standard InChI is InChI=1S/C11H17N5/c1-3-6-16-8-5-12-11(16)9-13-10-4-7-15(2)14-10/h4-5,7-8H,3,6,9H2,1-2H3,(H,13,14). The van der Waals surface area contributed by atoms with Gasteiger partial charge in [0.05, 0.1) is 6.54 Å². The number of rotatable bonds is 5. The molecule has 16 heavy (non-hydrogen) atoms. The molecule has 0 spiro atoms. The van der Waals surface area contributed by atoms with Gasteiger partial charge >= 0.3 is 0 Å². The Balaban J connectivity index is 1.96. The van der Waals surface area contributed by atoms with E-state index in [1.54, 1.807) is 4.68 Å². The van der Waals surface area contributed by atoms with E-state index in [1.165, 1.54) is 0 Å². The van der Waals surface area contributed by atoms with E-state index in [-0.39, 0.29) is 0 Å². The van der Waals surface area contributed by atoms with E-state index in [4.69, 9.17) is 0 Å². The molecule has 0 radical (unpaired) electrons. The first-order valence-corrected chi connectivity index (χ1v) is 5.53. The number of nitrogens with one attached hydrogen (secondary N) is 1. The smallest absolute Gasteiger partial charge is 0.148 e. The quantitative estimate of drug-likeness (QED) is 0.831. The molecule has 0 saturated carbocycles. The minimum Gasteiger partial charge on any atom is -0.361 e. The van der Waals surface area contributed by atoms with Gasteiger partial charge in [-0.25, -0.2) is 4.98 Å². The van der Waals surface area contributed by atoms with Crippen molar-refractivity contribution in [1.29, 1.82) is 0 Å². The highest BCUT2D eigenvalue weighted by Crippen LogP contribution is 2.05. The van der Waals surface area contributed by atoms with Crippen molar-refractivity contribution in [2.75, 3.05) is 5.32 Å². The van der Waals surface area contributed by atoms with Gasteiger partial charge in [-0.3, -0.25) is 4.68 Å². The molecular formula is C11H17N5. The maximum absolute atomic E-state index is 4.32. The summed E-state index contributed by atoms with van der Waals surface area (Å²) in [4.78, 5) is 4.32. The van der Waals surface area contributed by atoms with Gasteiger partial charge < -0.3 is 9.88 Å². The molecule has 86 valence electrons. The fourth-order valence-corrected chi connectivity index (χ4v) is 1.63. The van der Waals surface area contributed by atoms with Crippen LogP contribution in [0.25, 0.3) is 0 Å². The number of nitrogens with zero attached hydrogens (tertiary/aromatic N) is 4. The lowest BCUT2D eigenvalue weighted by Crippen LogP contribution is -2.08. The molecule has 1 N–H and O–H groups in total. The lowest BCUT2D eigenvalue weighted by Gasteiger charge is -2.06. The van der Waals surface area contributed by atoms with Crippen molar-refractivity contribution in [1.82, 2.24) is 19.3 Å². The molecule has 0 amide bonds. The van der Waals surface area contributed by atoms with Crippen molar-refractivity contribution in [3.63, 3.8) is 0 Å². The lowest BCUT2D eigenvalue weighted by atomic mass is 10.4. The van der Waals surface area contributed by atoms with Crippen molar-refractivity contribution in [3.8, 4) is 0 Å². The Bertz CT molecular complexity index is 443. The SMILES string of the molecule is CCCn1ccnc1CNc1ccn(C)n1. The zero-order valence-electron chi connectivity index (χ0n) is 9.72. The first kappa shape index (κ1) is 10.7. The Hall–Kier alpha value is -1.78. The predicted molar refractivity (Wildman–Crippen MR) is 63.1 cm³/mol. The van der Waals surface area contributed by atoms with Gasteiger partial charge in [0.15, 0.2) is 0 Å². The fourth-order valence-electron chi connectivity index (χ4n) is 1.63. The maximum atomic E-state index is 4.32. The van der Waals surface area contributed by atoms with Gasteiger partial charge in [0.1, 0.15) is 11.6 Å². The number of hydrogen-bond acceptors (Lipinski definition) is 3. The van der Waals surface area contributed by atoms with Crippen LogP contribution < -0.4 is 5.32 Å². The number of aromatic nitrogens is 4. The number of imidazole rings is 1. The van der Waals surface area contributed by atoms with Gasteiger partial charge in [-0.15, -0.1) is 0 Å². The fraction of sp³-hybridized carbons (Fsp3) is 0.455. The largest absolute Gasteiger partial charge is 0.361 e. The Morgan fingerprint density at radius 1 is 1.38 bits per heavy atom. The average Bonchev–Trinajstić information content (AvgIpc) is 2.85. The molecule has 5 heteroatoms. The minimum atomic E-state index is 0.712. The third kappa shape index (κ3) is 2.42. The summed E-state index contributed by atoms with van der Waals surface area (Å²) < 4.78 is 3.94. The van der Waals surface area contributed by atoms with Crippen LogP contribution in [-0.4, -0.2) is 19.3 Å². The molecular weight excluding hydrogens is 202 g/mol. The molecule has 0 aliphatic carbocycles. The van der Waals surface area contributed by atoms with Crippen LogP contribution in [0.1, 0.15) is 19.2 Å². The summed E-state index contributed by atoms with van der Waals surface area (Å²) in [7, 11) is 1.91. The topological polar surface area (TPSA) is 47.7 Å². The molecule has 0 unspecified atom stereocenters. The van der Waals surface area contributed by atoms with E-state index in [0.29, 0.717) is 6.54 Å². The Kier molecular flexibility index (Phi) is 3.24. The summed E-state index contributed by atoms with van der Waals surface area (Å²) in [5.74, 6) is 1.93. The first-order chi connectivity index (χ1) is 7.79. The summed E-state index contributed by atoms with van der Waals surface area (Å²) in [6.07, 6.45) is 6.89. The van der Waals surface area contributed by atoms with Crippen molar-refractivity contribution in [3.05, 3.63) is 30.5 Å². The van der Waals surface area contributed by atoms with E-state index in [2.05, 4.69) is 26.9 Å². The van der Waals surface area contributed by atoms with Crippen LogP contribution in [-0.2, 0) is 20.1 Å². The summed E-state index contributed by atoms with van der Waals surface area (Å²) in [5, 5.41) is 7.51. The van der Waals surface area contributed by atoms with Crippen LogP contribution in [0.5, 0.6) is 0 Å². The Labute approximate surface area is 95.1 Å². The molecule has 0 saturated heterocycles. The molecule has 0 aliphatic heterocycles. The minimum absolute atomic E-state index is 0.712. The molecule has 0 bridgehead atoms. The number of aryl methyl sites for hydroxylation is 2. The molecule has 2 aromatic rings. The zero-order valence-corrected chi connectivity index (χ0v) is 9.72. The highest BCUT2D eigenvalue weighted by molar-refractivity contribution is 5.32. The zero-order chi connectivity index (χ0) is 11.4. The summed E-state index contributed by atoms with van der Waals surface area (Å²) in [6.45, 7) is 3.89. The van der Waals surface area contributed by atoms with E-state index >= 15 is 0 Å². The third-order valence-electron chi connectivity index (χ3n) is 2.41. The second kappa shape index (κ2) is 4.83. The Morgan fingerprint density at radius 2 is 2.25 bits per heavy atom. The van der Waals surface area contributed by atoms with Crippen molar-refractivity contribution in [2.24, 2.45) is 7.05 Å². The summed E-state index contributed by atoms with van der Waals surface area (Å²) in [6, 6.07) is 1.95. The highest BCUT2D eigenvalue weighted by Gasteiger charge is 2.02. The van der Waals surface area contributed by atoms with E-state index in [0.717, 1.165) is 24.6 Å². The highest BCUT2D eigenvalue weighted by atomic mass is 15.3. The van der Waals surface area contributed by atoms with E-state index in [9.17, 15) is 0 Å². The van der Waals surface area contributed by atoms with Gasteiger partial charge in [-0.05, 0) is 6.42 Å². The molecule has 0 atom stereocenters. The van der Waals surface area contributed by atoms with Gasteiger partial charge in [0.25, 0.3) is 0 Å². The second-order valence-electron chi connectivity index (χ2n) is 3.77. The van der Waals surface area contributed by atoms with Crippen molar-refractivity contribution >= 4 is 5.82 Å². The molecule has 0 fully saturated rings. The maximum Gasteiger partial charge on any atom is 0.148 e. The molecule has 5 nitrogen and oxygen atoms in total. The monoisotopic (exact) mass is 219 g/mol. The van der Waals surface area contributed by atoms with Crippen LogP contribution >= 0.6 is 0 Å². The molecule has 2 rings (SSSR count). The third-order valence-corrected chi connectivity index (χ3v) is 2.41. The van der Waals surface area contributed by atoms with Crippen LogP contribution in [0.3, 0.4) is 0 Å². The first-order valence-electron chi connectivity index (χ1n) is 5.53. The Morgan fingerprint density at radius 3 is 2.94 bits per heavy atom. The van der Waals surface area contributed by atoms with Crippen LogP contribution in [0.4, 0.5) is 5.82 Å². The lowest BCUT2D eigenvalue weighted by molar-refractivity contribution is 0.643. The molecule has 2 heterocycles. The van der Waals surface area contributed by atoms with Crippen molar-refractivity contribution < 1.29 is 0 Å². The van der Waals surface area contributed by atoms with E-state index < -0.39 is 0 Å². The van der Waals surface area contributed by atoms with Crippen LogP contribution in [0.2, 0.25) is 0 Å². The van der Waals surface area contributed by atoms with Gasteiger partial charge in [-0.1, -0.05) is 6.92 Å². The van der Waals surface area contributed by atoms with Crippen LogP contribution in [0, 0.1) is 0 Å². The molecule has 2 aromatic heterocycles.